The third-order valence-corrected chi connectivity index (χ3v) is 10.7. The zero-order valence-electron chi connectivity index (χ0n) is 30.1. The summed E-state index contributed by atoms with van der Waals surface area (Å²) in [5, 5.41) is 8.55. The molecule has 5 atom stereocenters. The lowest BCUT2D eigenvalue weighted by Crippen LogP contribution is -2.59. The molecule has 2 saturated carbocycles. The van der Waals surface area contributed by atoms with Crippen LogP contribution in [0, 0.1) is 11.3 Å². The van der Waals surface area contributed by atoms with Crippen molar-refractivity contribution in [2.75, 3.05) is 26.5 Å². The third-order valence-electron chi connectivity index (χ3n) is 10.1. The van der Waals surface area contributed by atoms with Crippen molar-refractivity contribution in [3.63, 3.8) is 0 Å². The highest BCUT2D eigenvalue weighted by atomic mass is 32.1. The highest BCUT2D eigenvalue weighted by molar-refractivity contribution is 7.13. The van der Waals surface area contributed by atoms with Gasteiger partial charge in [-0.05, 0) is 49.7 Å². The Labute approximate surface area is 306 Å². The van der Waals surface area contributed by atoms with E-state index in [-0.39, 0.29) is 25.0 Å². The number of nitrogens with zero attached hydrogens (tertiary/aromatic N) is 3. The molecule has 3 aromatic rings. The summed E-state index contributed by atoms with van der Waals surface area (Å²) in [6.45, 7) is 9.31. The third kappa shape index (κ3) is 7.50. The first-order valence-electron chi connectivity index (χ1n) is 17.4. The number of methoxy groups -OCH3 is 2. The molecule has 3 amide bonds. The quantitative estimate of drug-likeness (QED) is 0.185. The first kappa shape index (κ1) is 36.9. The number of hydrogen-bond donors (Lipinski definition) is 3. The Balaban J connectivity index is 1.33. The standard InChI is InChI=1S/C37H46N6O8S/c1-7-20-17-37(20,33(46)49-6)42-31(44)28-15-23(18-43(28)32(45)30(36(2,3)4)41-35(47)51-21-10-8-9-11-21)50-29-16-26(27-19-52-34(38)40-27)39-25-14-22(48-5)12-13-24(25)29/h7,12-14,16,19-21,23,28,30H,1,8-11,15,17-18H2,2-6H3,(H2,38,40)(H,41,47)(H,42,44)/t20-,23-,28+,30-,37-/m1/s1. The summed E-state index contributed by atoms with van der Waals surface area (Å²) in [6, 6.07) is 5.07. The van der Waals surface area contributed by atoms with Crippen LogP contribution in [0.1, 0.15) is 59.3 Å². The number of nitrogens with one attached hydrogen (secondary N) is 2. The van der Waals surface area contributed by atoms with Gasteiger partial charge in [0.2, 0.25) is 11.8 Å². The largest absolute Gasteiger partial charge is 0.497 e. The molecule has 0 radical (unpaired) electrons. The van der Waals surface area contributed by atoms with Gasteiger partial charge in [-0.2, -0.15) is 0 Å². The van der Waals surface area contributed by atoms with Gasteiger partial charge in [-0.3, -0.25) is 9.59 Å². The molecule has 0 unspecified atom stereocenters. The molecule has 3 aliphatic rings. The lowest BCUT2D eigenvalue weighted by Gasteiger charge is -2.35. The van der Waals surface area contributed by atoms with Crippen LogP contribution in [0.3, 0.4) is 0 Å². The molecule has 1 saturated heterocycles. The molecule has 1 aromatic carbocycles. The van der Waals surface area contributed by atoms with Gasteiger partial charge in [0, 0.05) is 35.2 Å². The van der Waals surface area contributed by atoms with Gasteiger partial charge in [-0.1, -0.05) is 26.8 Å². The van der Waals surface area contributed by atoms with E-state index in [1.165, 1.54) is 23.3 Å². The Hall–Kier alpha value is -4.92. The number of fused-ring (bicyclic) bond motifs is 1. The van der Waals surface area contributed by atoms with E-state index in [4.69, 9.17) is 29.7 Å². The number of carbonyl (C=O) groups is 4. The van der Waals surface area contributed by atoms with E-state index in [1.807, 2.05) is 26.8 Å². The number of likely N-dealkylation sites (tertiary alicyclic amines) is 1. The van der Waals surface area contributed by atoms with Gasteiger partial charge in [0.05, 0.1) is 32.0 Å². The number of pyridine rings is 1. The lowest BCUT2D eigenvalue weighted by atomic mass is 9.85. The van der Waals surface area contributed by atoms with Crippen LogP contribution >= 0.6 is 11.3 Å². The van der Waals surface area contributed by atoms with Gasteiger partial charge in [0.1, 0.15) is 47.0 Å². The minimum Gasteiger partial charge on any atom is -0.497 e. The average molecular weight is 735 g/mol. The summed E-state index contributed by atoms with van der Waals surface area (Å²) in [7, 11) is 2.83. The van der Waals surface area contributed by atoms with E-state index in [1.54, 1.807) is 36.8 Å². The van der Waals surface area contributed by atoms with Gasteiger partial charge < -0.3 is 40.2 Å². The van der Waals surface area contributed by atoms with Crippen molar-refractivity contribution in [2.45, 2.75) is 89.1 Å². The summed E-state index contributed by atoms with van der Waals surface area (Å²) >= 11 is 1.28. The Morgan fingerprint density at radius 1 is 1.10 bits per heavy atom. The number of thiazole rings is 1. The number of nitrogen functional groups attached to an aromatic ring is 1. The van der Waals surface area contributed by atoms with Crippen LogP contribution in [0.2, 0.25) is 0 Å². The van der Waals surface area contributed by atoms with E-state index in [0.29, 0.717) is 45.3 Å². The Kier molecular flexibility index (Phi) is 10.4. The van der Waals surface area contributed by atoms with Crippen molar-refractivity contribution in [3.05, 3.63) is 42.3 Å². The number of carbonyl (C=O) groups excluding carboxylic acids is 4. The van der Waals surface area contributed by atoms with Crippen LogP contribution in [0.5, 0.6) is 11.5 Å². The Morgan fingerprint density at radius 2 is 1.85 bits per heavy atom. The summed E-state index contributed by atoms with van der Waals surface area (Å²) in [5.41, 5.74) is 5.57. The van der Waals surface area contributed by atoms with Crippen LogP contribution in [0.25, 0.3) is 22.3 Å². The van der Waals surface area contributed by atoms with E-state index in [9.17, 15) is 19.2 Å². The molecular weight excluding hydrogens is 689 g/mol. The maximum absolute atomic E-state index is 14.6. The van der Waals surface area contributed by atoms with Crippen molar-refractivity contribution >= 4 is 51.2 Å². The van der Waals surface area contributed by atoms with Gasteiger partial charge in [-0.25, -0.2) is 19.6 Å². The van der Waals surface area contributed by atoms with E-state index in [0.717, 1.165) is 25.7 Å². The molecular formula is C37H46N6O8S. The topological polar surface area (TPSA) is 184 Å². The highest BCUT2D eigenvalue weighted by Crippen LogP contribution is 2.46. The molecule has 2 aromatic heterocycles. The average Bonchev–Trinajstić information content (AvgIpc) is 3.52. The summed E-state index contributed by atoms with van der Waals surface area (Å²) in [4.78, 5) is 65.3. The predicted molar refractivity (Wildman–Crippen MR) is 195 cm³/mol. The lowest BCUT2D eigenvalue weighted by molar-refractivity contribution is -0.148. The molecule has 4 N–H and O–H groups in total. The molecule has 0 spiro atoms. The second-order valence-corrected chi connectivity index (χ2v) is 15.6. The number of nitrogens with two attached hydrogens (primary N) is 1. The normalized spacial score (nSPS) is 23.5. The molecule has 0 bridgehead atoms. The van der Waals surface area contributed by atoms with Crippen molar-refractivity contribution in [2.24, 2.45) is 11.3 Å². The molecule has 3 fully saturated rings. The number of anilines is 1. The summed E-state index contributed by atoms with van der Waals surface area (Å²) in [6.07, 6.45) is 3.97. The highest BCUT2D eigenvalue weighted by Gasteiger charge is 2.62. The molecule has 1 aliphatic heterocycles. The molecule has 14 nitrogen and oxygen atoms in total. The summed E-state index contributed by atoms with van der Waals surface area (Å²) in [5.74, 6) is -0.883. The second kappa shape index (κ2) is 14.6. The molecule has 15 heteroatoms. The smallest absolute Gasteiger partial charge is 0.408 e. The van der Waals surface area contributed by atoms with Crippen LogP contribution < -0.4 is 25.8 Å². The number of hydrogen-bond acceptors (Lipinski definition) is 12. The fourth-order valence-corrected chi connectivity index (χ4v) is 7.66. The van der Waals surface area contributed by atoms with Gasteiger partial charge in [-0.15, -0.1) is 17.9 Å². The van der Waals surface area contributed by atoms with Crippen LogP contribution in [-0.2, 0) is 23.9 Å². The monoisotopic (exact) mass is 734 g/mol. The summed E-state index contributed by atoms with van der Waals surface area (Å²) < 4.78 is 22.8. The molecule has 2 aliphatic carbocycles. The maximum Gasteiger partial charge on any atom is 0.408 e. The van der Waals surface area contributed by atoms with E-state index >= 15 is 0 Å². The minimum atomic E-state index is -1.28. The molecule has 52 heavy (non-hydrogen) atoms. The zero-order valence-corrected chi connectivity index (χ0v) is 30.9. The van der Waals surface area contributed by atoms with Crippen LogP contribution in [0.15, 0.2) is 42.3 Å². The minimum absolute atomic E-state index is 0.0118. The number of rotatable bonds is 11. The number of alkyl carbamates (subject to hydrolysis) is 1. The zero-order chi connectivity index (χ0) is 37.4. The van der Waals surface area contributed by atoms with Gasteiger partial charge >= 0.3 is 12.1 Å². The maximum atomic E-state index is 14.6. The van der Waals surface area contributed by atoms with E-state index in [2.05, 4.69) is 22.2 Å². The van der Waals surface area contributed by atoms with Crippen LogP contribution in [0.4, 0.5) is 9.93 Å². The first-order chi connectivity index (χ1) is 24.8. The van der Waals surface area contributed by atoms with Crippen molar-refractivity contribution in [1.29, 1.82) is 0 Å². The Morgan fingerprint density at radius 3 is 2.46 bits per heavy atom. The number of esters is 1. The molecule has 3 heterocycles. The first-order valence-corrected chi connectivity index (χ1v) is 18.3. The Bertz CT molecular complexity index is 1870. The second-order valence-electron chi connectivity index (χ2n) is 14.7. The van der Waals surface area contributed by atoms with E-state index < -0.39 is 53.0 Å². The predicted octanol–water partition coefficient (Wildman–Crippen LogP) is 4.61. The van der Waals surface area contributed by atoms with Crippen LogP contribution in [-0.4, -0.2) is 89.3 Å². The van der Waals surface area contributed by atoms with Crippen molar-refractivity contribution in [1.82, 2.24) is 25.5 Å². The molecule has 278 valence electrons. The van der Waals surface area contributed by atoms with Gasteiger partial charge in [0.15, 0.2) is 5.13 Å². The van der Waals surface area contributed by atoms with Crippen molar-refractivity contribution in [3.8, 4) is 22.9 Å². The van der Waals surface area contributed by atoms with Crippen molar-refractivity contribution < 1.29 is 38.1 Å². The molecule has 6 rings (SSSR count). The number of aromatic nitrogens is 2. The number of benzene rings is 1. The number of amides is 3. The fraction of sp³-hybridized carbons (Fsp3) is 0.514. The SMILES string of the molecule is C=C[C@@H]1C[C@]1(NC(=O)[C@@H]1C[C@@H](Oc2cc(-c3csc(N)n3)nc3cc(OC)ccc23)CN1C(=O)[C@@H](NC(=O)OC1CCCC1)C(C)(C)C)C(=O)OC. The number of ether oxygens (including phenoxy) is 4. The fourth-order valence-electron chi connectivity index (χ4n) is 7.10. The van der Waals surface area contributed by atoms with Gasteiger partial charge in [0.25, 0.3) is 0 Å².